The monoisotopic (exact) mass is 359 g/mol. The molecule has 2 aromatic carbocycles. The first-order valence-electron chi connectivity index (χ1n) is 7.26. The van der Waals surface area contributed by atoms with Gasteiger partial charge >= 0.3 is 0 Å². The Morgan fingerprint density at radius 1 is 1.17 bits per heavy atom. The van der Waals surface area contributed by atoms with Crippen LogP contribution in [0.1, 0.15) is 17.0 Å². The lowest BCUT2D eigenvalue weighted by Crippen LogP contribution is -2.22. The highest BCUT2D eigenvalue weighted by atomic mass is 35.5. The second-order valence-corrected chi connectivity index (χ2v) is 6.49. The minimum absolute atomic E-state index is 0.0712. The van der Waals surface area contributed by atoms with Crippen molar-refractivity contribution in [2.24, 2.45) is 5.73 Å². The highest BCUT2D eigenvalue weighted by molar-refractivity contribution is 6.36. The third kappa shape index (κ3) is 2.66. The van der Waals surface area contributed by atoms with Gasteiger partial charge in [0.05, 0.1) is 5.92 Å². The zero-order valence-electron chi connectivity index (χ0n) is 13.2. The summed E-state index contributed by atoms with van der Waals surface area (Å²) >= 11 is 12.7. The van der Waals surface area contributed by atoms with Crippen molar-refractivity contribution in [3.05, 3.63) is 69.0 Å². The van der Waals surface area contributed by atoms with Crippen LogP contribution in [0.15, 0.2) is 47.9 Å². The summed E-state index contributed by atoms with van der Waals surface area (Å²) in [7, 11) is 3.87. The highest BCUT2D eigenvalue weighted by Gasteiger charge is 2.33. The molecule has 24 heavy (non-hydrogen) atoms. The lowest BCUT2D eigenvalue weighted by atomic mass is 9.83. The normalized spacial score (nSPS) is 16.2. The molecule has 0 saturated carbocycles. The number of ether oxygens (including phenoxy) is 1. The van der Waals surface area contributed by atoms with Gasteiger partial charge in [-0.15, -0.1) is 0 Å². The summed E-state index contributed by atoms with van der Waals surface area (Å²) in [5.74, 6) is 0.205. The molecule has 1 aliphatic rings. The van der Waals surface area contributed by atoms with E-state index in [9.17, 15) is 5.26 Å². The van der Waals surface area contributed by atoms with Gasteiger partial charge in [0, 0.05) is 47.0 Å². The van der Waals surface area contributed by atoms with E-state index < -0.39 is 5.92 Å². The van der Waals surface area contributed by atoms with E-state index in [2.05, 4.69) is 6.07 Å². The number of hydrogen-bond donors (Lipinski definition) is 1. The minimum Gasteiger partial charge on any atom is -0.440 e. The summed E-state index contributed by atoms with van der Waals surface area (Å²) in [5, 5.41) is 10.5. The zero-order valence-corrected chi connectivity index (χ0v) is 14.7. The number of halogens is 2. The van der Waals surface area contributed by atoms with Gasteiger partial charge in [-0.2, -0.15) is 5.26 Å². The molecular weight excluding hydrogens is 345 g/mol. The lowest BCUT2D eigenvalue weighted by molar-refractivity contribution is 0.394. The maximum Gasteiger partial charge on any atom is 0.205 e. The van der Waals surface area contributed by atoms with Gasteiger partial charge in [0.25, 0.3) is 0 Å². The van der Waals surface area contributed by atoms with E-state index in [1.807, 2.05) is 37.2 Å². The first-order chi connectivity index (χ1) is 11.4. The van der Waals surface area contributed by atoms with Crippen molar-refractivity contribution in [2.45, 2.75) is 5.92 Å². The molecule has 4 nitrogen and oxygen atoms in total. The predicted octanol–water partition coefficient (Wildman–Crippen LogP) is 4.28. The number of nitrogens with two attached hydrogens (primary N) is 1. The van der Waals surface area contributed by atoms with Crippen molar-refractivity contribution < 1.29 is 4.74 Å². The second-order valence-electron chi connectivity index (χ2n) is 5.68. The molecule has 1 atom stereocenters. The van der Waals surface area contributed by atoms with E-state index >= 15 is 0 Å². The number of nitrogens with zero attached hydrogens (tertiary/aromatic N) is 2. The van der Waals surface area contributed by atoms with Gasteiger partial charge in [-0.3, -0.25) is 0 Å². The number of anilines is 1. The SMILES string of the molecule is CN(C)c1ccc2c(c1)OC(N)=C(C#N)[C@H]2c1c(Cl)cccc1Cl. The summed E-state index contributed by atoms with van der Waals surface area (Å²) in [4.78, 5) is 1.96. The molecule has 6 heteroatoms. The van der Waals surface area contributed by atoms with Gasteiger partial charge in [0.15, 0.2) is 0 Å². The second kappa shape index (κ2) is 6.27. The van der Waals surface area contributed by atoms with E-state index in [0.717, 1.165) is 11.3 Å². The molecule has 0 bridgehead atoms. The van der Waals surface area contributed by atoms with Crippen LogP contribution < -0.4 is 15.4 Å². The van der Waals surface area contributed by atoms with E-state index in [1.54, 1.807) is 18.2 Å². The van der Waals surface area contributed by atoms with Crippen molar-refractivity contribution in [3.63, 3.8) is 0 Å². The molecule has 0 spiro atoms. The molecule has 2 aromatic rings. The van der Waals surface area contributed by atoms with Crippen LogP contribution in [-0.4, -0.2) is 14.1 Å². The Morgan fingerprint density at radius 2 is 1.83 bits per heavy atom. The summed E-state index contributed by atoms with van der Waals surface area (Å²) in [6, 6.07) is 13.2. The third-order valence-electron chi connectivity index (χ3n) is 4.01. The number of fused-ring (bicyclic) bond motifs is 1. The van der Waals surface area contributed by atoms with E-state index in [1.165, 1.54) is 0 Å². The van der Waals surface area contributed by atoms with Gasteiger partial charge < -0.3 is 15.4 Å². The van der Waals surface area contributed by atoms with Crippen LogP contribution in [0.25, 0.3) is 0 Å². The molecule has 0 amide bonds. The topological polar surface area (TPSA) is 62.3 Å². The fourth-order valence-electron chi connectivity index (χ4n) is 2.81. The molecule has 0 aliphatic carbocycles. The summed E-state index contributed by atoms with van der Waals surface area (Å²) < 4.78 is 5.68. The van der Waals surface area contributed by atoms with Crippen LogP contribution >= 0.6 is 23.2 Å². The van der Waals surface area contributed by atoms with Crippen LogP contribution in [0.4, 0.5) is 5.69 Å². The molecule has 0 unspecified atom stereocenters. The van der Waals surface area contributed by atoms with Gasteiger partial charge in [0.1, 0.15) is 17.4 Å². The number of benzene rings is 2. The maximum atomic E-state index is 9.58. The highest BCUT2D eigenvalue weighted by Crippen LogP contribution is 2.47. The van der Waals surface area contributed by atoms with E-state index in [0.29, 0.717) is 26.9 Å². The average molecular weight is 360 g/mol. The summed E-state index contributed by atoms with van der Waals surface area (Å²) in [6.45, 7) is 0. The largest absolute Gasteiger partial charge is 0.440 e. The first-order valence-corrected chi connectivity index (χ1v) is 8.02. The quantitative estimate of drug-likeness (QED) is 0.869. The van der Waals surface area contributed by atoms with Crippen molar-refractivity contribution in [1.29, 1.82) is 5.26 Å². The van der Waals surface area contributed by atoms with Crippen molar-refractivity contribution in [2.75, 3.05) is 19.0 Å². The maximum absolute atomic E-state index is 9.58. The van der Waals surface area contributed by atoms with Gasteiger partial charge in [0.2, 0.25) is 5.88 Å². The van der Waals surface area contributed by atoms with E-state index in [4.69, 9.17) is 33.7 Å². The Bertz CT molecular complexity index is 864. The van der Waals surface area contributed by atoms with Crippen molar-refractivity contribution in [1.82, 2.24) is 0 Å². The van der Waals surface area contributed by atoms with Gasteiger partial charge in [-0.05, 0) is 18.2 Å². The molecule has 0 fully saturated rings. The molecular formula is C18H15Cl2N3O. The third-order valence-corrected chi connectivity index (χ3v) is 4.67. The zero-order chi connectivity index (χ0) is 17.4. The van der Waals surface area contributed by atoms with Crippen LogP contribution in [0.5, 0.6) is 5.75 Å². The Morgan fingerprint density at radius 3 is 2.42 bits per heavy atom. The fraction of sp³-hybridized carbons (Fsp3) is 0.167. The Balaban J connectivity index is 2.27. The lowest BCUT2D eigenvalue weighted by Gasteiger charge is -2.28. The molecule has 3 rings (SSSR count). The molecule has 122 valence electrons. The predicted molar refractivity (Wildman–Crippen MR) is 96.5 cm³/mol. The van der Waals surface area contributed by atoms with Crippen LogP contribution in [0.2, 0.25) is 10.0 Å². The average Bonchev–Trinajstić information content (AvgIpc) is 2.53. The molecule has 0 aromatic heterocycles. The van der Waals surface area contributed by atoms with Crippen LogP contribution in [0.3, 0.4) is 0 Å². The molecule has 1 aliphatic heterocycles. The van der Waals surface area contributed by atoms with Gasteiger partial charge in [-0.25, -0.2) is 0 Å². The summed E-state index contributed by atoms with van der Waals surface area (Å²) in [5.41, 5.74) is 8.72. The number of nitriles is 1. The molecule has 0 radical (unpaired) electrons. The molecule has 1 heterocycles. The Hall–Kier alpha value is -2.35. The standard InChI is InChI=1S/C18H15Cl2N3O/c1-23(2)10-6-7-11-15(8-10)24-18(22)12(9-21)16(11)17-13(19)4-3-5-14(17)20/h3-8,16H,22H2,1-2H3/t16-/m0/s1. The molecule has 0 saturated heterocycles. The fourth-order valence-corrected chi connectivity index (χ4v) is 3.42. The smallest absolute Gasteiger partial charge is 0.205 e. The van der Waals surface area contributed by atoms with Crippen LogP contribution in [-0.2, 0) is 0 Å². The van der Waals surface area contributed by atoms with Gasteiger partial charge in [-0.1, -0.05) is 35.3 Å². The Labute approximate surface area is 150 Å². The van der Waals surface area contributed by atoms with Crippen molar-refractivity contribution in [3.8, 4) is 11.8 Å². The first kappa shape index (κ1) is 16.5. The number of rotatable bonds is 2. The number of hydrogen-bond acceptors (Lipinski definition) is 4. The van der Waals surface area contributed by atoms with Crippen molar-refractivity contribution >= 4 is 28.9 Å². The number of allylic oxidation sites excluding steroid dienone is 1. The summed E-state index contributed by atoms with van der Waals surface area (Å²) in [6.07, 6.45) is 0. The Kier molecular flexibility index (Phi) is 4.31. The minimum atomic E-state index is -0.462. The van der Waals surface area contributed by atoms with Crippen LogP contribution in [0, 0.1) is 11.3 Å². The van der Waals surface area contributed by atoms with E-state index in [-0.39, 0.29) is 5.88 Å². The molecule has 2 N–H and O–H groups in total.